The lowest BCUT2D eigenvalue weighted by Gasteiger charge is -2.23. The number of pyridine rings is 1. The van der Waals surface area contributed by atoms with E-state index in [0.29, 0.717) is 10.8 Å². The van der Waals surface area contributed by atoms with Crippen molar-refractivity contribution in [2.45, 2.75) is 33.4 Å². The lowest BCUT2D eigenvalue weighted by Crippen LogP contribution is -2.18. The van der Waals surface area contributed by atoms with Crippen molar-refractivity contribution in [3.8, 4) is 5.75 Å². The molecule has 0 aliphatic rings. The number of anilines is 2. The SMILES string of the molecule is Cc1ccnc(NC(c2ccc(OC(F)F)cc2)c2c(NC(=O)c3ccco3)sc(C)c2C)c1. The lowest BCUT2D eigenvalue weighted by molar-refractivity contribution is -0.0498. The van der Waals surface area contributed by atoms with Crippen molar-refractivity contribution in [1.82, 2.24) is 4.98 Å². The third-order valence-electron chi connectivity index (χ3n) is 5.34. The average molecular weight is 484 g/mol. The third kappa shape index (κ3) is 5.26. The van der Waals surface area contributed by atoms with E-state index in [-0.39, 0.29) is 17.4 Å². The normalized spacial score (nSPS) is 11.9. The Bertz CT molecular complexity index is 1270. The maximum absolute atomic E-state index is 12.7. The summed E-state index contributed by atoms with van der Waals surface area (Å²) in [5, 5.41) is 7.07. The van der Waals surface area contributed by atoms with Gasteiger partial charge in [-0.2, -0.15) is 8.78 Å². The first-order valence-electron chi connectivity index (χ1n) is 10.5. The van der Waals surface area contributed by atoms with E-state index >= 15 is 0 Å². The maximum Gasteiger partial charge on any atom is 0.387 e. The molecule has 0 saturated heterocycles. The molecule has 9 heteroatoms. The largest absolute Gasteiger partial charge is 0.459 e. The number of hydrogen-bond donors (Lipinski definition) is 2. The Morgan fingerprint density at radius 2 is 1.88 bits per heavy atom. The van der Waals surface area contributed by atoms with Crippen LogP contribution in [0.3, 0.4) is 0 Å². The average Bonchev–Trinajstić information content (AvgIpc) is 3.42. The number of benzene rings is 1. The van der Waals surface area contributed by atoms with Gasteiger partial charge in [0.1, 0.15) is 16.6 Å². The summed E-state index contributed by atoms with van der Waals surface area (Å²) >= 11 is 1.46. The molecule has 1 unspecified atom stereocenters. The van der Waals surface area contributed by atoms with E-state index in [1.165, 1.54) is 29.7 Å². The van der Waals surface area contributed by atoms with Gasteiger partial charge in [-0.25, -0.2) is 4.98 Å². The van der Waals surface area contributed by atoms with Crippen molar-refractivity contribution < 1.29 is 22.7 Å². The molecule has 0 fully saturated rings. The van der Waals surface area contributed by atoms with Crippen LogP contribution >= 0.6 is 11.3 Å². The van der Waals surface area contributed by atoms with E-state index in [0.717, 1.165) is 27.1 Å². The molecule has 0 aliphatic heterocycles. The quantitative estimate of drug-likeness (QED) is 0.291. The molecule has 0 radical (unpaired) electrons. The molecule has 34 heavy (non-hydrogen) atoms. The number of furan rings is 1. The molecule has 4 rings (SSSR count). The highest BCUT2D eigenvalue weighted by molar-refractivity contribution is 7.16. The van der Waals surface area contributed by atoms with Gasteiger partial charge in [-0.15, -0.1) is 11.3 Å². The molecule has 3 aromatic heterocycles. The molecule has 0 bridgehead atoms. The molecule has 0 saturated carbocycles. The molecule has 1 atom stereocenters. The van der Waals surface area contributed by atoms with Crippen molar-refractivity contribution >= 4 is 28.1 Å². The number of amides is 1. The van der Waals surface area contributed by atoms with Crippen LogP contribution in [0.5, 0.6) is 5.75 Å². The minimum Gasteiger partial charge on any atom is -0.459 e. The smallest absolute Gasteiger partial charge is 0.387 e. The Hall–Kier alpha value is -3.72. The number of nitrogens with zero attached hydrogens (tertiary/aromatic N) is 1. The number of alkyl halides is 2. The fraction of sp³-hybridized carbons (Fsp3) is 0.200. The summed E-state index contributed by atoms with van der Waals surface area (Å²) in [7, 11) is 0. The van der Waals surface area contributed by atoms with Gasteiger partial charge >= 0.3 is 6.61 Å². The van der Waals surface area contributed by atoms with Gasteiger partial charge in [0.25, 0.3) is 5.91 Å². The van der Waals surface area contributed by atoms with Crippen LogP contribution in [-0.4, -0.2) is 17.5 Å². The second-order valence-electron chi connectivity index (χ2n) is 7.70. The predicted molar refractivity (Wildman–Crippen MR) is 128 cm³/mol. The van der Waals surface area contributed by atoms with Crippen molar-refractivity contribution in [3.63, 3.8) is 0 Å². The number of aromatic nitrogens is 1. The first kappa shape index (κ1) is 23.4. The number of thiophene rings is 1. The van der Waals surface area contributed by atoms with Gasteiger partial charge < -0.3 is 19.8 Å². The molecule has 4 aromatic rings. The molecule has 1 amide bonds. The molecular weight excluding hydrogens is 460 g/mol. The predicted octanol–water partition coefficient (Wildman–Crippen LogP) is 6.72. The lowest BCUT2D eigenvalue weighted by atomic mass is 9.96. The molecule has 0 aliphatic carbocycles. The standard InChI is InChI=1S/C25H23F2N3O3S/c1-14-10-11-28-20(13-14)29-22(17-6-8-18(9-7-17)33-25(26)27)21-15(2)16(3)34-24(21)30-23(31)19-5-4-12-32-19/h4-13,22,25H,1-3H3,(H,28,29)(H,30,31). The van der Waals surface area contributed by atoms with Crippen molar-refractivity contribution in [2.75, 3.05) is 10.6 Å². The molecule has 0 spiro atoms. The molecule has 1 aromatic carbocycles. The number of carbonyl (C=O) groups excluding carboxylic acids is 1. The highest BCUT2D eigenvalue weighted by Gasteiger charge is 2.26. The monoisotopic (exact) mass is 483 g/mol. The second-order valence-corrected chi connectivity index (χ2v) is 8.93. The fourth-order valence-corrected chi connectivity index (χ4v) is 4.68. The highest BCUT2D eigenvalue weighted by atomic mass is 32.1. The van der Waals surface area contributed by atoms with E-state index < -0.39 is 12.7 Å². The number of aryl methyl sites for hydroxylation is 2. The first-order chi connectivity index (χ1) is 16.3. The Morgan fingerprint density at radius 1 is 1.12 bits per heavy atom. The fourth-order valence-electron chi connectivity index (χ4n) is 3.58. The number of rotatable bonds is 8. The molecule has 2 N–H and O–H groups in total. The van der Waals surface area contributed by atoms with Crippen LogP contribution in [-0.2, 0) is 0 Å². The van der Waals surface area contributed by atoms with Crippen LogP contribution in [0.15, 0.2) is 65.4 Å². The van der Waals surface area contributed by atoms with Gasteiger partial charge in [0, 0.05) is 16.6 Å². The Kier molecular flexibility index (Phi) is 6.93. The zero-order valence-electron chi connectivity index (χ0n) is 18.8. The van der Waals surface area contributed by atoms with Gasteiger partial charge in [-0.05, 0) is 73.9 Å². The zero-order valence-corrected chi connectivity index (χ0v) is 19.6. The summed E-state index contributed by atoms with van der Waals surface area (Å²) < 4.78 is 35.0. The van der Waals surface area contributed by atoms with Gasteiger partial charge in [-0.1, -0.05) is 12.1 Å². The van der Waals surface area contributed by atoms with Crippen LogP contribution in [0.25, 0.3) is 0 Å². The van der Waals surface area contributed by atoms with Gasteiger partial charge in [0.15, 0.2) is 5.76 Å². The summed E-state index contributed by atoms with van der Waals surface area (Å²) in [6, 6.07) is 13.1. The second kappa shape index (κ2) is 10.0. The molecule has 6 nitrogen and oxygen atoms in total. The molecule has 3 heterocycles. The van der Waals surface area contributed by atoms with Crippen molar-refractivity contribution in [1.29, 1.82) is 0 Å². The van der Waals surface area contributed by atoms with Crippen LogP contribution in [0, 0.1) is 20.8 Å². The zero-order chi connectivity index (χ0) is 24.2. The van der Waals surface area contributed by atoms with E-state index in [9.17, 15) is 13.6 Å². The van der Waals surface area contributed by atoms with Crippen molar-refractivity contribution in [2.24, 2.45) is 0 Å². The third-order valence-corrected chi connectivity index (χ3v) is 6.48. The summed E-state index contributed by atoms with van der Waals surface area (Å²) in [5.41, 5.74) is 3.67. The topological polar surface area (TPSA) is 76.4 Å². The minimum atomic E-state index is -2.90. The number of nitrogens with one attached hydrogen (secondary N) is 2. The number of ether oxygens (including phenoxy) is 1. The Morgan fingerprint density at radius 3 is 2.53 bits per heavy atom. The number of carbonyl (C=O) groups is 1. The van der Waals surface area contributed by atoms with Crippen LogP contribution in [0.4, 0.5) is 19.6 Å². The van der Waals surface area contributed by atoms with E-state index in [2.05, 4.69) is 20.4 Å². The summed E-state index contributed by atoms with van der Waals surface area (Å²) in [6.45, 7) is 3.03. The maximum atomic E-state index is 12.7. The van der Waals surface area contributed by atoms with E-state index in [4.69, 9.17) is 4.42 Å². The van der Waals surface area contributed by atoms with E-state index in [1.807, 2.05) is 32.9 Å². The summed E-state index contributed by atoms with van der Waals surface area (Å²) in [6.07, 6.45) is 3.15. The summed E-state index contributed by atoms with van der Waals surface area (Å²) in [5.74, 6) is 0.550. The first-order valence-corrected chi connectivity index (χ1v) is 11.3. The number of halogens is 2. The molecule has 176 valence electrons. The van der Waals surface area contributed by atoms with Gasteiger partial charge in [0.2, 0.25) is 0 Å². The Labute approximate surface area is 199 Å². The van der Waals surface area contributed by atoms with Crippen LogP contribution < -0.4 is 15.4 Å². The minimum absolute atomic E-state index is 0.0655. The Balaban J connectivity index is 1.76. The van der Waals surface area contributed by atoms with Crippen LogP contribution in [0.1, 0.15) is 43.7 Å². The summed E-state index contributed by atoms with van der Waals surface area (Å²) in [4.78, 5) is 18.2. The van der Waals surface area contributed by atoms with Crippen molar-refractivity contribution in [3.05, 3.63) is 93.9 Å². The van der Waals surface area contributed by atoms with Gasteiger partial charge in [0.05, 0.1) is 12.3 Å². The van der Waals surface area contributed by atoms with Gasteiger partial charge in [-0.3, -0.25) is 4.79 Å². The number of hydrogen-bond acceptors (Lipinski definition) is 6. The van der Waals surface area contributed by atoms with Crippen LogP contribution in [0.2, 0.25) is 0 Å². The van der Waals surface area contributed by atoms with E-state index in [1.54, 1.807) is 30.5 Å². The highest BCUT2D eigenvalue weighted by Crippen LogP contribution is 2.41. The molecular formula is C25H23F2N3O3S.